The minimum absolute atomic E-state index is 0.245. The van der Waals surface area contributed by atoms with Crippen molar-refractivity contribution < 1.29 is 5.11 Å². The first-order valence-electron chi connectivity index (χ1n) is 6.83. The van der Waals surface area contributed by atoms with Crippen molar-refractivity contribution in [3.63, 3.8) is 0 Å². The van der Waals surface area contributed by atoms with Crippen molar-refractivity contribution in [3.8, 4) is 28.4 Å². The highest BCUT2D eigenvalue weighted by atomic mass is 16.3. The second-order valence-electron chi connectivity index (χ2n) is 5.03. The van der Waals surface area contributed by atoms with Gasteiger partial charge in [-0.2, -0.15) is 5.10 Å². The molecule has 0 fully saturated rings. The van der Waals surface area contributed by atoms with E-state index in [9.17, 15) is 5.11 Å². The molecule has 0 aliphatic heterocycles. The van der Waals surface area contributed by atoms with Gasteiger partial charge >= 0.3 is 0 Å². The Labute approximate surface area is 126 Å². The van der Waals surface area contributed by atoms with E-state index in [0.29, 0.717) is 0 Å². The molecule has 6 heteroatoms. The molecule has 0 saturated heterocycles. The van der Waals surface area contributed by atoms with Crippen LogP contribution in [0, 0.1) is 0 Å². The molecular weight excluding hydrogens is 278 g/mol. The second-order valence-corrected chi connectivity index (χ2v) is 5.03. The number of benzene rings is 1. The third-order valence-corrected chi connectivity index (χ3v) is 3.64. The van der Waals surface area contributed by atoms with Gasteiger partial charge in [0.15, 0.2) is 5.65 Å². The lowest BCUT2D eigenvalue weighted by atomic mass is 10.1. The fourth-order valence-corrected chi connectivity index (χ4v) is 2.49. The summed E-state index contributed by atoms with van der Waals surface area (Å²) in [5.74, 6) is 0.245. The number of aromatic hydroxyl groups is 1. The van der Waals surface area contributed by atoms with Gasteiger partial charge in [0.05, 0.1) is 23.8 Å². The van der Waals surface area contributed by atoms with Crippen molar-refractivity contribution in [1.29, 1.82) is 0 Å². The molecule has 22 heavy (non-hydrogen) atoms. The minimum Gasteiger partial charge on any atom is -0.508 e. The summed E-state index contributed by atoms with van der Waals surface area (Å²) >= 11 is 0. The second kappa shape index (κ2) is 4.70. The topological polar surface area (TPSA) is 68.2 Å². The molecule has 0 aliphatic carbocycles. The highest BCUT2D eigenvalue weighted by Gasteiger charge is 2.10. The Hall–Kier alpha value is -3.15. The van der Waals surface area contributed by atoms with E-state index in [1.165, 1.54) is 0 Å². The van der Waals surface area contributed by atoms with Crippen LogP contribution in [-0.2, 0) is 7.05 Å². The van der Waals surface area contributed by atoms with E-state index in [2.05, 4.69) is 15.1 Å². The number of hydrogen-bond acceptors (Lipinski definition) is 4. The lowest BCUT2D eigenvalue weighted by Gasteiger charge is -2.05. The first kappa shape index (κ1) is 12.6. The monoisotopic (exact) mass is 291 g/mol. The van der Waals surface area contributed by atoms with Gasteiger partial charge in [-0.1, -0.05) is 0 Å². The average molecular weight is 291 g/mol. The lowest BCUT2D eigenvalue weighted by molar-refractivity contribution is 0.475. The van der Waals surface area contributed by atoms with Crippen molar-refractivity contribution in [1.82, 2.24) is 24.1 Å². The normalized spacial score (nSPS) is 11.1. The maximum absolute atomic E-state index is 9.42. The van der Waals surface area contributed by atoms with Crippen LogP contribution >= 0.6 is 0 Å². The molecule has 108 valence electrons. The molecule has 0 spiro atoms. The van der Waals surface area contributed by atoms with Crippen LogP contribution in [0.25, 0.3) is 28.3 Å². The predicted octanol–water partition coefficient (Wildman–Crippen LogP) is 2.50. The predicted molar refractivity (Wildman–Crippen MR) is 82.3 cm³/mol. The molecule has 0 unspecified atom stereocenters. The van der Waals surface area contributed by atoms with Crippen LogP contribution in [0.4, 0.5) is 0 Å². The Morgan fingerprint density at radius 2 is 1.77 bits per heavy atom. The first-order chi connectivity index (χ1) is 10.7. The van der Waals surface area contributed by atoms with Gasteiger partial charge in [0.1, 0.15) is 11.4 Å². The van der Waals surface area contributed by atoms with E-state index in [1.807, 2.05) is 35.8 Å². The van der Waals surface area contributed by atoms with Crippen LogP contribution in [-0.4, -0.2) is 29.3 Å². The lowest BCUT2D eigenvalue weighted by Crippen LogP contribution is -1.98. The summed E-state index contributed by atoms with van der Waals surface area (Å²) in [6.07, 6.45) is 7.24. The average Bonchev–Trinajstić information content (AvgIpc) is 3.13. The zero-order chi connectivity index (χ0) is 15.1. The Bertz CT molecular complexity index is 952. The molecule has 1 N–H and O–H groups in total. The largest absolute Gasteiger partial charge is 0.508 e. The molecule has 3 aromatic heterocycles. The van der Waals surface area contributed by atoms with Crippen molar-refractivity contribution in [2.75, 3.05) is 0 Å². The van der Waals surface area contributed by atoms with Crippen molar-refractivity contribution in [3.05, 3.63) is 55.1 Å². The number of fused-ring (bicyclic) bond motifs is 1. The molecule has 0 amide bonds. The van der Waals surface area contributed by atoms with E-state index in [0.717, 1.165) is 28.3 Å². The van der Waals surface area contributed by atoms with Gasteiger partial charge in [-0.05, 0) is 30.3 Å². The van der Waals surface area contributed by atoms with Gasteiger partial charge in [0, 0.05) is 25.0 Å². The number of rotatable bonds is 2. The Morgan fingerprint density at radius 3 is 2.50 bits per heavy atom. The zero-order valence-corrected chi connectivity index (χ0v) is 11.9. The van der Waals surface area contributed by atoms with E-state index < -0.39 is 0 Å². The van der Waals surface area contributed by atoms with E-state index in [-0.39, 0.29) is 5.75 Å². The molecular formula is C16H13N5O. The Balaban J connectivity index is 1.90. The summed E-state index contributed by atoms with van der Waals surface area (Å²) in [7, 11) is 1.88. The van der Waals surface area contributed by atoms with Crippen LogP contribution in [0.15, 0.2) is 55.1 Å². The SMILES string of the molecule is Cn1nccc1-c1cn2c(-c3ccc(O)cc3)cnc2cn1. The summed E-state index contributed by atoms with van der Waals surface area (Å²) in [5.41, 5.74) is 4.46. The standard InChI is InChI=1S/C16H13N5O/c1-20-14(6-7-19-20)13-10-21-15(8-18-16(21)9-17-13)11-2-4-12(22)5-3-11/h2-10,22H,1H3. The number of aromatic nitrogens is 5. The van der Waals surface area contributed by atoms with Crippen molar-refractivity contribution in [2.24, 2.45) is 7.05 Å². The van der Waals surface area contributed by atoms with Crippen molar-refractivity contribution >= 4 is 5.65 Å². The number of imidazole rings is 1. The maximum atomic E-state index is 9.42. The van der Waals surface area contributed by atoms with Gasteiger partial charge in [-0.3, -0.25) is 9.08 Å². The smallest absolute Gasteiger partial charge is 0.155 e. The zero-order valence-electron chi connectivity index (χ0n) is 11.9. The molecule has 1 aromatic carbocycles. The summed E-state index contributed by atoms with van der Waals surface area (Å²) in [6.45, 7) is 0. The first-order valence-corrected chi connectivity index (χ1v) is 6.83. The molecule has 0 aliphatic rings. The third-order valence-electron chi connectivity index (χ3n) is 3.64. The molecule has 0 radical (unpaired) electrons. The molecule has 4 aromatic rings. The highest BCUT2D eigenvalue weighted by molar-refractivity contribution is 5.66. The van der Waals surface area contributed by atoms with Crippen LogP contribution in [0.5, 0.6) is 5.75 Å². The third kappa shape index (κ3) is 1.93. The van der Waals surface area contributed by atoms with Crippen LogP contribution < -0.4 is 0 Å². The number of phenols is 1. The fraction of sp³-hybridized carbons (Fsp3) is 0.0625. The fourth-order valence-electron chi connectivity index (χ4n) is 2.49. The van der Waals surface area contributed by atoms with Gasteiger partial charge in [0.2, 0.25) is 0 Å². The molecule has 3 heterocycles. The van der Waals surface area contributed by atoms with E-state index >= 15 is 0 Å². The van der Waals surface area contributed by atoms with Crippen LogP contribution in [0.2, 0.25) is 0 Å². The Morgan fingerprint density at radius 1 is 0.955 bits per heavy atom. The quantitative estimate of drug-likeness (QED) is 0.616. The summed E-state index contributed by atoms with van der Waals surface area (Å²) < 4.78 is 3.77. The van der Waals surface area contributed by atoms with Crippen LogP contribution in [0.1, 0.15) is 0 Å². The summed E-state index contributed by atoms with van der Waals surface area (Å²) in [5, 5.41) is 13.6. The molecule has 0 bridgehead atoms. The number of nitrogens with zero attached hydrogens (tertiary/aromatic N) is 5. The number of aryl methyl sites for hydroxylation is 1. The molecule has 0 saturated carbocycles. The van der Waals surface area contributed by atoms with E-state index in [4.69, 9.17) is 0 Å². The van der Waals surface area contributed by atoms with Gasteiger partial charge in [-0.25, -0.2) is 9.97 Å². The summed E-state index contributed by atoms with van der Waals surface area (Å²) in [6, 6.07) is 8.98. The van der Waals surface area contributed by atoms with E-state index in [1.54, 1.807) is 35.4 Å². The van der Waals surface area contributed by atoms with Gasteiger partial charge in [0.25, 0.3) is 0 Å². The Kier molecular flexibility index (Phi) is 2.69. The molecule has 4 rings (SSSR count). The highest BCUT2D eigenvalue weighted by Crippen LogP contribution is 2.24. The summed E-state index contributed by atoms with van der Waals surface area (Å²) in [4.78, 5) is 8.83. The number of hydrogen-bond donors (Lipinski definition) is 1. The number of phenolic OH excluding ortho intramolecular Hbond substituents is 1. The minimum atomic E-state index is 0.245. The van der Waals surface area contributed by atoms with Crippen molar-refractivity contribution in [2.45, 2.75) is 0 Å². The molecule has 6 nitrogen and oxygen atoms in total. The van der Waals surface area contributed by atoms with Gasteiger partial charge in [-0.15, -0.1) is 0 Å². The maximum Gasteiger partial charge on any atom is 0.155 e. The molecule has 0 atom stereocenters. The van der Waals surface area contributed by atoms with Crippen LogP contribution in [0.3, 0.4) is 0 Å². The van der Waals surface area contributed by atoms with Gasteiger partial charge < -0.3 is 5.11 Å².